The molecule has 0 radical (unpaired) electrons. The van der Waals surface area contributed by atoms with Crippen LogP contribution < -0.4 is 5.32 Å². The van der Waals surface area contributed by atoms with E-state index in [1.54, 1.807) is 12.1 Å². The third-order valence-corrected chi connectivity index (χ3v) is 3.70. The fourth-order valence-electron chi connectivity index (χ4n) is 2.68. The number of aromatic nitrogens is 2. The van der Waals surface area contributed by atoms with Gasteiger partial charge in [-0.2, -0.15) is 0 Å². The Kier molecular flexibility index (Phi) is 2.59. The van der Waals surface area contributed by atoms with Crippen LogP contribution in [0.4, 0.5) is 5.82 Å². The molecule has 0 aliphatic heterocycles. The minimum atomic E-state index is 0.0403. The molecule has 4 nitrogen and oxygen atoms in total. The van der Waals surface area contributed by atoms with Gasteiger partial charge in [-0.05, 0) is 36.8 Å². The van der Waals surface area contributed by atoms with Crippen LogP contribution in [0.5, 0.6) is 0 Å². The van der Waals surface area contributed by atoms with Crippen LogP contribution >= 0.6 is 11.6 Å². The Morgan fingerprint density at radius 2 is 2.18 bits per heavy atom. The van der Waals surface area contributed by atoms with Gasteiger partial charge in [-0.25, -0.2) is 0 Å². The number of nitrogens with one attached hydrogen (secondary N) is 1. The molecule has 1 saturated carbocycles. The first-order valence-corrected chi connectivity index (χ1v) is 6.08. The van der Waals surface area contributed by atoms with E-state index in [9.17, 15) is 4.79 Å². The molecule has 88 valence electrons. The highest BCUT2D eigenvalue weighted by Crippen LogP contribution is 2.43. The summed E-state index contributed by atoms with van der Waals surface area (Å²) < 4.78 is 0. The smallest absolute Gasteiger partial charge is 0.229 e. The highest BCUT2D eigenvalue weighted by molar-refractivity contribution is 6.29. The third kappa shape index (κ3) is 2.05. The van der Waals surface area contributed by atoms with Crippen LogP contribution in [0.25, 0.3) is 0 Å². The molecule has 3 atom stereocenters. The molecular formula is C12H12ClN3O. The van der Waals surface area contributed by atoms with Crippen molar-refractivity contribution in [3.05, 3.63) is 29.4 Å². The average molecular weight is 250 g/mol. The SMILES string of the molecule is O=C(Nc1ccc(Cl)nn1)C1CC2C=CC1C2. The van der Waals surface area contributed by atoms with Gasteiger partial charge in [-0.3, -0.25) is 4.79 Å². The Morgan fingerprint density at radius 1 is 1.29 bits per heavy atom. The van der Waals surface area contributed by atoms with Gasteiger partial charge in [-0.1, -0.05) is 23.8 Å². The molecule has 0 spiro atoms. The van der Waals surface area contributed by atoms with Gasteiger partial charge in [0.05, 0.1) is 0 Å². The fourth-order valence-corrected chi connectivity index (χ4v) is 2.78. The van der Waals surface area contributed by atoms with E-state index in [0.29, 0.717) is 22.8 Å². The molecule has 3 rings (SSSR count). The maximum Gasteiger partial charge on any atom is 0.229 e. The largest absolute Gasteiger partial charge is 0.309 e. The van der Waals surface area contributed by atoms with Crippen molar-refractivity contribution in [1.82, 2.24) is 10.2 Å². The van der Waals surface area contributed by atoms with Crippen molar-refractivity contribution in [2.45, 2.75) is 12.8 Å². The molecule has 0 saturated heterocycles. The predicted octanol–water partition coefficient (Wildman–Crippen LogP) is 2.28. The van der Waals surface area contributed by atoms with E-state index in [4.69, 9.17) is 11.6 Å². The Bertz CT molecular complexity index is 471. The summed E-state index contributed by atoms with van der Waals surface area (Å²) in [5, 5.41) is 10.6. The lowest BCUT2D eigenvalue weighted by Gasteiger charge is -2.16. The molecule has 1 heterocycles. The van der Waals surface area contributed by atoms with Crippen LogP contribution in [0.2, 0.25) is 5.15 Å². The lowest BCUT2D eigenvalue weighted by Crippen LogP contribution is -2.26. The molecule has 1 aromatic rings. The molecule has 1 amide bonds. The van der Waals surface area contributed by atoms with E-state index in [1.165, 1.54) is 0 Å². The van der Waals surface area contributed by atoms with Crippen molar-refractivity contribution in [2.24, 2.45) is 17.8 Å². The normalized spacial score (nSPS) is 29.6. The molecular weight excluding hydrogens is 238 g/mol. The second-order valence-electron chi connectivity index (χ2n) is 4.62. The quantitative estimate of drug-likeness (QED) is 0.818. The molecule has 1 aromatic heterocycles. The van der Waals surface area contributed by atoms with Crippen LogP contribution in [-0.2, 0) is 4.79 Å². The molecule has 2 aliphatic rings. The summed E-state index contributed by atoms with van der Waals surface area (Å²) in [4.78, 5) is 12.0. The molecule has 0 aromatic carbocycles. The van der Waals surface area contributed by atoms with Crippen LogP contribution in [0.3, 0.4) is 0 Å². The molecule has 2 bridgehead atoms. The molecule has 1 fully saturated rings. The van der Waals surface area contributed by atoms with Crippen LogP contribution in [0.15, 0.2) is 24.3 Å². The summed E-state index contributed by atoms with van der Waals surface area (Å²) in [6, 6.07) is 3.28. The van der Waals surface area contributed by atoms with E-state index in [0.717, 1.165) is 12.8 Å². The minimum absolute atomic E-state index is 0.0403. The van der Waals surface area contributed by atoms with Gasteiger partial charge in [0, 0.05) is 5.92 Å². The van der Waals surface area contributed by atoms with Crippen molar-refractivity contribution in [3.63, 3.8) is 0 Å². The summed E-state index contributed by atoms with van der Waals surface area (Å²) in [6.07, 6.45) is 6.45. The number of amides is 1. The molecule has 5 heteroatoms. The van der Waals surface area contributed by atoms with Crippen molar-refractivity contribution < 1.29 is 4.79 Å². The predicted molar refractivity (Wildman–Crippen MR) is 64.5 cm³/mol. The van der Waals surface area contributed by atoms with Crippen molar-refractivity contribution >= 4 is 23.3 Å². The number of anilines is 1. The van der Waals surface area contributed by atoms with Gasteiger partial charge in [-0.15, -0.1) is 10.2 Å². The number of rotatable bonds is 2. The molecule has 2 aliphatic carbocycles. The summed E-state index contributed by atoms with van der Waals surface area (Å²) in [6.45, 7) is 0. The second kappa shape index (κ2) is 4.11. The van der Waals surface area contributed by atoms with E-state index in [-0.39, 0.29) is 11.8 Å². The van der Waals surface area contributed by atoms with E-state index in [1.807, 2.05) is 0 Å². The number of nitrogens with zero attached hydrogens (tertiary/aromatic N) is 2. The van der Waals surface area contributed by atoms with Gasteiger partial charge in [0.2, 0.25) is 5.91 Å². The first kappa shape index (κ1) is 10.7. The van der Waals surface area contributed by atoms with E-state index < -0.39 is 0 Å². The zero-order chi connectivity index (χ0) is 11.8. The second-order valence-corrected chi connectivity index (χ2v) is 5.00. The number of hydrogen-bond donors (Lipinski definition) is 1. The standard InChI is InChI=1S/C12H12ClN3O/c13-10-3-4-11(16-15-10)14-12(17)9-6-7-1-2-8(9)5-7/h1-4,7-9H,5-6H2,(H,14,16,17). The number of allylic oxidation sites excluding steroid dienone is 2. The van der Waals surface area contributed by atoms with Crippen molar-refractivity contribution in [3.8, 4) is 0 Å². The van der Waals surface area contributed by atoms with Gasteiger partial charge >= 0.3 is 0 Å². The first-order valence-electron chi connectivity index (χ1n) is 5.71. The van der Waals surface area contributed by atoms with E-state index >= 15 is 0 Å². The van der Waals surface area contributed by atoms with Gasteiger partial charge in [0.25, 0.3) is 0 Å². The van der Waals surface area contributed by atoms with Gasteiger partial charge in [0.15, 0.2) is 11.0 Å². The molecule has 3 unspecified atom stereocenters. The monoisotopic (exact) mass is 249 g/mol. The number of carbonyl (C=O) groups excluding carboxylic acids is 1. The third-order valence-electron chi connectivity index (χ3n) is 3.50. The summed E-state index contributed by atoms with van der Waals surface area (Å²) in [7, 11) is 0. The Labute approximate surface area is 104 Å². The van der Waals surface area contributed by atoms with Crippen molar-refractivity contribution in [1.29, 1.82) is 0 Å². The highest BCUT2D eigenvalue weighted by atomic mass is 35.5. The maximum atomic E-state index is 12.0. The summed E-state index contributed by atoms with van der Waals surface area (Å²) in [5.41, 5.74) is 0. The number of hydrogen-bond acceptors (Lipinski definition) is 3. The van der Waals surface area contributed by atoms with Crippen LogP contribution in [-0.4, -0.2) is 16.1 Å². The lowest BCUT2D eigenvalue weighted by atomic mass is 9.93. The molecule has 1 N–H and O–H groups in total. The summed E-state index contributed by atoms with van der Waals surface area (Å²) >= 11 is 5.63. The Morgan fingerprint density at radius 3 is 2.76 bits per heavy atom. The van der Waals surface area contributed by atoms with Gasteiger partial charge in [0.1, 0.15) is 0 Å². The van der Waals surface area contributed by atoms with Crippen molar-refractivity contribution in [2.75, 3.05) is 5.32 Å². The number of fused-ring (bicyclic) bond motifs is 2. The topological polar surface area (TPSA) is 54.9 Å². The minimum Gasteiger partial charge on any atom is -0.309 e. The average Bonchev–Trinajstić information content (AvgIpc) is 2.94. The van der Waals surface area contributed by atoms with Gasteiger partial charge < -0.3 is 5.32 Å². The summed E-state index contributed by atoms with van der Waals surface area (Å²) in [5.74, 6) is 1.58. The first-order chi connectivity index (χ1) is 8.22. The lowest BCUT2D eigenvalue weighted by molar-refractivity contribution is -0.120. The molecule has 17 heavy (non-hydrogen) atoms. The zero-order valence-corrected chi connectivity index (χ0v) is 9.89. The Balaban J connectivity index is 1.68. The zero-order valence-electron chi connectivity index (χ0n) is 9.14. The Hall–Kier alpha value is -1.42. The van der Waals surface area contributed by atoms with Crippen LogP contribution in [0.1, 0.15) is 12.8 Å². The van der Waals surface area contributed by atoms with Crippen LogP contribution in [0, 0.1) is 17.8 Å². The maximum absolute atomic E-state index is 12.0. The highest BCUT2D eigenvalue weighted by Gasteiger charge is 2.39. The fraction of sp³-hybridized carbons (Fsp3) is 0.417. The van der Waals surface area contributed by atoms with E-state index in [2.05, 4.69) is 27.7 Å². The number of halogens is 1. The number of carbonyl (C=O) groups is 1.